The van der Waals surface area contributed by atoms with Gasteiger partial charge in [-0.25, -0.2) is 0 Å². The fraction of sp³-hybridized carbons (Fsp3) is 0.632. The van der Waals surface area contributed by atoms with Crippen molar-refractivity contribution in [2.75, 3.05) is 19.8 Å². The van der Waals surface area contributed by atoms with Crippen LogP contribution in [0.5, 0.6) is 0 Å². The number of ether oxygens (including phenoxy) is 1. The van der Waals surface area contributed by atoms with Gasteiger partial charge >= 0.3 is 0 Å². The Morgan fingerprint density at radius 3 is 2.54 bits per heavy atom. The minimum Gasteiger partial charge on any atom is -0.378 e. The van der Waals surface area contributed by atoms with E-state index in [1.54, 1.807) is 0 Å². The van der Waals surface area contributed by atoms with Crippen molar-refractivity contribution in [3.05, 3.63) is 35.4 Å². The van der Waals surface area contributed by atoms with Crippen LogP contribution in [0.3, 0.4) is 0 Å². The molecule has 24 heavy (non-hydrogen) atoms. The van der Waals surface area contributed by atoms with Crippen LogP contribution in [0, 0.1) is 0 Å². The molecule has 0 radical (unpaired) electrons. The van der Waals surface area contributed by atoms with Crippen molar-refractivity contribution in [3.8, 4) is 0 Å². The molecule has 1 heterocycles. The molecule has 1 aromatic carbocycles. The molecule has 1 unspecified atom stereocenters. The van der Waals surface area contributed by atoms with Crippen LogP contribution in [0.15, 0.2) is 24.3 Å². The molecular formula is C19H29ClN2O2. The first-order chi connectivity index (χ1) is 11.1. The Kier molecular flexibility index (Phi) is 7.08. The Bertz CT molecular complexity index is 523. The van der Waals surface area contributed by atoms with E-state index in [0.29, 0.717) is 25.0 Å². The maximum Gasteiger partial charge on any atom is 0.224 e. The Morgan fingerprint density at radius 1 is 1.29 bits per heavy atom. The van der Waals surface area contributed by atoms with Gasteiger partial charge in [0.05, 0.1) is 13.2 Å². The number of benzene rings is 1. The molecule has 5 heteroatoms. The van der Waals surface area contributed by atoms with Gasteiger partial charge in [0.1, 0.15) is 0 Å². The van der Waals surface area contributed by atoms with Gasteiger partial charge in [0.2, 0.25) is 5.91 Å². The molecule has 1 aromatic rings. The first-order valence-corrected chi connectivity index (χ1v) is 8.83. The first-order valence-electron chi connectivity index (χ1n) is 8.83. The fourth-order valence-electron chi connectivity index (χ4n) is 3.09. The van der Waals surface area contributed by atoms with Gasteiger partial charge in [0.15, 0.2) is 0 Å². The average Bonchev–Trinajstić information content (AvgIpc) is 3.38. The van der Waals surface area contributed by atoms with Crippen molar-refractivity contribution in [1.82, 2.24) is 10.2 Å². The first kappa shape index (κ1) is 19.2. The number of carbonyl (C=O) groups excluding carboxylic acids is 1. The maximum absolute atomic E-state index is 12.7. The van der Waals surface area contributed by atoms with Gasteiger partial charge in [-0.15, -0.1) is 12.4 Å². The summed E-state index contributed by atoms with van der Waals surface area (Å²) in [6.07, 6.45) is 2.83. The topological polar surface area (TPSA) is 41.6 Å². The van der Waals surface area contributed by atoms with Crippen LogP contribution in [-0.4, -0.2) is 42.6 Å². The Labute approximate surface area is 151 Å². The molecule has 4 nitrogen and oxygen atoms in total. The summed E-state index contributed by atoms with van der Waals surface area (Å²) in [6, 6.07) is 9.32. The lowest BCUT2D eigenvalue weighted by atomic mass is 10.0. The second-order valence-electron chi connectivity index (χ2n) is 7.08. The molecule has 1 N–H and O–H groups in total. The van der Waals surface area contributed by atoms with Crippen LogP contribution in [-0.2, 0) is 16.1 Å². The SMILES string of the molecule is CC(C)c1ccc(CN(C(=O)CC2COCCN2)C2CC2)cc1.Cl. The predicted octanol–water partition coefficient (Wildman–Crippen LogP) is 3.10. The van der Waals surface area contributed by atoms with Crippen molar-refractivity contribution in [2.24, 2.45) is 0 Å². The van der Waals surface area contributed by atoms with Gasteiger partial charge in [0.25, 0.3) is 0 Å². The Hall–Kier alpha value is -1.10. The van der Waals surface area contributed by atoms with E-state index in [1.807, 2.05) is 0 Å². The van der Waals surface area contributed by atoms with Crippen molar-refractivity contribution in [3.63, 3.8) is 0 Å². The third-order valence-electron chi connectivity index (χ3n) is 4.73. The number of amides is 1. The molecule has 2 aliphatic rings. The second-order valence-corrected chi connectivity index (χ2v) is 7.08. The van der Waals surface area contributed by atoms with E-state index in [0.717, 1.165) is 32.5 Å². The van der Waals surface area contributed by atoms with Crippen LogP contribution < -0.4 is 5.32 Å². The van der Waals surface area contributed by atoms with E-state index in [1.165, 1.54) is 11.1 Å². The largest absolute Gasteiger partial charge is 0.378 e. The number of carbonyl (C=O) groups is 1. The number of rotatable bonds is 6. The summed E-state index contributed by atoms with van der Waals surface area (Å²) in [5.41, 5.74) is 2.57. The summed E-state index contributed by atoms with van der Waals surface area (Å²) in [5, 5.41) is 3.38. The lowest BCUT2D eigenvalue weighted by molar-refractivity contribution is -0.133. The number of nitrogens with one attached hydrogen (secondary N) is 1. The number of morpholine rings is 1. The van der Waals surface area contributed by atoms with E-state index in [2.05, 4.69) is 48.3 Å². The lowest BCUT2D eigenvalue weighted by Crippen LogP contribution is -2.45. The Balaban J connectivity index is 0.00000208. The molecule has 0 spiro atoms. The molecule has 1 aliphatic heterocycles. The summed E-state index contributed by atoms with van der Waals surface area (Å²) in [4.78, 5) is 14.8. The normalized spacial score (nSPS) is 20.5. The molecule has 0 aromatic heterocycles. The quantitative estimate of drug-likeness (QED) is 0.855. The average molecular weight is 353 g/mol. The molecular weight excluding hydrogens is 324 g/mol. The van der Waals surface area contributed by atoms with Crippen LogP contribution >= 0.6 is 12.4 Å². The molecule has 1 amide bonds. The Morgan fingerprint density at radius 2 is 2.00 bits per heavy atom. The predicted molar refractivity (Wildman–Crippen MR) is 98.6 cm³/mol. The van der Waals surface area contributed by atoms with Crippen LogP contribution in [0.1, 0.15) is 50.2 Å². The maximum atomic E-state index is 12.7. The van der Waals surface area contributed by atoms with Crippen molar-refractivity contribution < 1.29 is 9.53 Å². The zero-order chi connectivity index (χ0) is 16.2. The van der Waals surface area contributed by atoms with Gasteiger partial charge in [-0.3, -0.25) is 4.79 Å². The third kappa shape index (κ3) is 5.20. The molecule has 2 fully saturated rings. The smallest absolute Gasteiger partial charge is 0.224 e. The zero-order valence-electron chi connectivity index (χ0n) is 14.7. The van der Waals surface area contributed by atoms with Gasteiger partial charge in [0, 0.05) is 31.6 Å². The highest BCUT2D eigenvalue weighted by atomic mass is 35.5. The number of nitrogens with zero attached hydrogens (tertiary/aromatic N) is 1. The van der Waals surface area contributed by atoms with Crippen molar-refractivity contribution in [1.29, 1.82) is 0 Å². The van der Waals surface area contributed by atoms with Gasteiger partial charge in [-0.2, -0.15) is 0 Å². The summed E-state index contributed by atoms with van der Waals surface area (Å²) >= 11 is 0. The molecule has 0 bridgehead atoms. The van der Waals surface area contributed by atoms with E-state index in [-0.39, 0.29) is 24.4 Å². The monoisotopic (exact) mass is 352 g/mol. The highest BCUT2D eigenvalue weighted by molar-refractivity contribution is 5.85. The van der Waals surface area contributed by atoms with E-state index in [4.69, 9.17) is 4.74 Å². The number of hydrogen-bond donors (Lipinski definition) is 1. The van der Waals surface area contributed by atoms with Crippen molar-refractivity contribution >= 4 is 18.3 Å². The minimum atomic E-state index is 0. The fourth-order valence-corrected chi connectivity index (χ4v) is 3.09. The molecule has 3 rings (SSSR count). The summed E-state index contributed by atoms with van der Waals surface area (Å²) < 4.78 is 5.46. The highest BCUT2D eigenvalue weighted by Gasteiger charge is 2.33. The molecule has 134 valence electrons. The number of halogens is 1. The van der Waals surface area contributed by atoms with Crippen LogP contribution in [0.4, 0.5) is 0 Å². The molecule has 1 saturated heterocycles. The van der Waals surface area contributed by atoms with Crippen LogP contribution in [0.25, 0.3) is 0 Å². The van der Waals surface area contributed by atoms with E-state index in [9.17, 15) is 4.79 Å². The second kappa shape index (κ2) is 8.84. The van der Waals surface area contributed by atoms with Gasteiger partial charge < -0.3 is 15.0 Å². The summed E-state index contributed by atoms with van der Waals surface area (Å²) in [7, 11) is 0. The van der Waals surface area contributed by atoms with Gasteiger partial charge in [-0.05, 0) is 29.9 Å². The summed E-state index contributed by atoms with van der Waals surface area (Å²) in [6.45, 7) is 7.38. The van der Waals surface area contributed by atoms with Crippen LogP contribution in [0.2, 0.25) is 0 Å². The van der Waals surface area contributed by atoms with Crippen molar-refractivity contribution in [2.45, 2.75) is 57.7 Å². The highest BCUT2D eigenvalue weighted by Crippen LogP contribution is 2.29. The minimum absolute atomic E-state index is 0. The summed E-state index contributed by atoms with van der Waals surface area (Å²) in [5.74, 6) is 0.797. The standard InChI is InChI=1S/C19H28N2O2.ClH/c1-14(2)16-5-3-15(4-6-16)12-21(18-7-8-18)19(22)11-17-13-23-10-9-20-17;/h3-6,14,17-18,20H,7-13H2,1-2H3;1H. The van der Waals surface area contributed by atoms with Gasteiger partial charge in [-0.1, -0.05) is 38.1 Å². The molecule has 1 saturated carbocycles. The molecule has 1 aliphatic carbocycles. The van der Waals surface area contributed by atoms with E-state index < -0.39 is 0 Å². The van der Waals surface area contributed by atoms with E-state index >= 15 is 0 Å². The zero-order valence-corrected chi connectivity index (χ0v) is 15.5. The lowest BCUT2D eigenvalue weighted by Gasteiger charge is -2.28. The molecule has 1 atom stereocenters. The number of hydrogen-bond acceptors (Lipinski definition) is 3. The third-order valence-corrected chi connectivity index (χ3v) is 4.73.